The van der Waals surface area contributed by atoms with E-state index >= 15 is 0 Å². The van der Waals surface area contributed by atoms with Gasteiger partial charge in [0.25, 0.3) is 0 Å². The lowest BCUT2D eigenvalue weighted by molar-refractivity contribution is 0.122. The molecule has 1 fully saturated rings. The largest absolute Gasteiger partial charge is 0.378 e. The number of hydrogen-bond donors (Lipinski definition) is 2. The predicted molar refractivity (Wildman–Crippen MR) is 116 cm³/mol. The molecule has 0 aromatic heterocycles. The topological polar surface area (TPSA) is 53.8 Å². The van der Waals surface area contributed by atoms with E-state index in [1.54, 1.807) is 0 Å². The average molecular weight is 374 g/mol. The number of benzene rings is 3. The highest BCUT2D eigenvalue weighted by atomic mass is 16.5. The molecule has 1 unspecified atom stereocenters. The molecule has 3 aromatic rings. The normalized spacial score (nSPS) is 21.6. The number of nitrogens with two attached hydrogens (primary N) is 1. The summed E-state index contributed by atoms with van der Waals surface area (Å²) >= 11 is 0. The molecule has 0 bridgehead atoms. The van der Waals surface area contributed by atoms with E-state index in [1.807, 2.05) is 6.92 Å². The molecule has 0 spiro atoms. The maximum Gasteiger partial charge on any atom is 0.161 e. The third-order valence-corrected chi connectivity index (χ3v) is 5.81. The number of rotatable bonds is 3. The first-order valence-electron chi connectivity index (χ1n) is 9.90. The summed E-state index contributed by atoms with van der Waals surface area (Å²) in [6.45, 7) is 6.20. The molecule has 0 radical (unpaired) electrons. The molecule has 1 saturated heterocycles. The van der Waals surface area contributed by atoms with Gasteiger partial charge in [0, 0.05) is 25.3 Å². The summed E-state index contributed by atoms with van der Waals surface area (Å²) in [6.07, 6.45) is 0. The maximum atomic E-state index is 6.67. The highest BCUT2D eigenvalue weighted by molar-refractivity contribution is 5.87. The molecule has 2 aliphatic heterocycles. The van der Waals surface area contributed by atoms with Crippen LogP contribution in [0.15, 0.2) is 60.7 Å². The SMILES string of the molecule is CC1(N)Nc2ccc(N3CCOCC3)cc2N1Cc1cccc2ccccc12. The van der Waals surface area contributed by atoms with Crippen molar-refractivity contribution in [2.45, 2.75) is 19.3 Å². The van der Waals surface area contributed by atoms with Gasteiger partial charge in [0.05, 0.1) is 24.6 Å². The Labute approximate surface area is 165 Å². The van der Waals surface area contributed by atoms with Gasteiger partial charge in [0.15, 0.2) is 5.79 Å². The molecule has 2 aliphatic rings. The van der Waals surface area contributed by atoms with Crippen molar-refractivity contribution >= 4 is 27.8 Å². The van der Waals surface area contributed by atoms with Crippen molar-refractivity contribution in [2.24, 2.45) is 5.73 Å². The Balaban J connectivity index is 1.52. The van der Waals surface area contributed by atoms with Crippen LogP contribution >= 0.6 is 0 Å². The molecule has 0 aliphatic carbocycles. The van der Waals surface area contributed by atoms with E-state index in [4.69, 9.17) is 10.5 Å². The summed E-state index contributed by atoms with van der Waals surface area (Å²) in [5.41, 5.74) is 11.4. The standard InChI is InChI=1S/C23H26N4O/c1-23(24)25-21-10-9-19(26-11-13-28-14-12-26)15-22(21)27(23)16-18-7-4-6-17-5-2-3-8-20(17)18/h2-10,15,25H,11-14,16,24H2,1H3. The van der Waals surface area contributed by atoms with Crippen LogP contribution in [0.2, 0.25) is 0 Å². The molecule has 144 valence electrons. The van der Waals surface area contributed by atoms with Crippen LogP contribution in [0, 0.1) is 0 Å². The van der Waals surface area contributed by atoms with Crippen LogP contribution in [0.5, 0.6) is 0 Å². The first-order valence-corrected chi connectivity index (χ1v) is 9.90. The second-order valence-electron chi connectivity index (χ2n) is 7.80. The van der Waals surface area contributed by atoms with Gasteiger partial charge in [-0.25, -0.2) is 0 Å². The van der Waals surface area contributed by atoms with Crippen LogP contribution in [0.4, 0.5) is 17.1 Å². The molecule has 0 amide bonds. The van der Waals surface area contributed by atoms with Gasteiger partial charge in [-0.15, -0.1) is 0 Å². The van der Waals surface area contributed by atoms with E-state index in [0.717, 1.165) is 44.2 Å². The van der Waals surface area contributed by atoms with Crippen LogP contribution in [0.3, 0.4) is 0 Å². The molecule has 5 heteroatoms. The van der Waals surface area contributed by atoms with E-state index < -0.39 is 5.79 Å². The molecule has 1 atom stereocenters. The van der Waals surface area contributed by atoms with Crippen LogP contribution in [-0.4, -0.2) is 32.1 Å². The van der Waals surface area contributed by atoms with Gasteiger partial charge in [-0.05, 0) is 41.5 Å². The van der Waals surface area contributed by atoms with Gasteiger partial charge in [0.2, 0.25) is 0 Å². The van der Waals surface area contributed by atoms with Gasteiger partial charge >= 0.3 is 0 Å². The second-order valence-corrected chi connectivity index (χ2v) is 7.80. The van der Waals surface area contributed by atoms with Crippen LogP contribution < -0.4 is 20.9 Å². The van der Waals surface area contributed by atoms with Gasteiger partial charge in [0.1, 0.15) is 0 Å². The van der Waals surface area contributed by atoms with E-state index in [9.17, 15) is 0 Å². The highest BCUT2D eigenvalue weighted by Crippen LogP contribution is 2.41. The summed E-state index contributed by atoms with van der Waals surface area (Å²) in [6, 6.07) is 21.6. The fourth-order valence-corrected chi connectivity index (χ4v) is 4.31. The fraction of sp³-hybridized carbons (Fsp3) is 0.304. The fourth-order valence-electron chi connectivity index (χ4n) is 4.31. The monoisotopic (exact) mass is 374 g/mol. The Kier molecular flexibility index (Phi) is 4.14. The number of anilines is 3. The van der Waals surface area contributed by atoms with Gasteiger partial charge in [-0.3, -0.25) is 5.73 Å². The molecule has 3 N–H and O–H groups in total. The molecular formula is C23H26N4O. The van der Waals surface area contributed by atoms with E-state index in [-0.39, 0.29) is 0 Å². The minimum absolute atomic E-state index is 0.636. The first kappa shape index (κ1) is 17.3. The summed E-state index contributed by atoms with van der Waals surface area (Å²) in [5, 5.41) is 6.02. The Morgan fingerprint density at radius 1 is 1.04 bits per heavy atom. The minimum atomic E-state index is -0.636. The maximum absolute atomic E-state index is 6.67. The smallest absolute Gasteiger partial charge is 0.161 e. The zero-order valence-electron chi connectivity index (χ0n) is 16.2. The zero-order chi connectivity index (χ0) is 19.1. The van der Waals surface area contributed by atoms with Crippen molar-refractivity contribution in [1.82, 2.24) is 0 Å². The van der Waals surface area contributed by atoms with Gasteiger partial charge in [-0.2, -0.15) is 0 Å². The zero-order valence-corrected chi connectivity index (χ0v) is 16.2. The Hall–Kier alpha value is -2.76. The van der Waals surface area contributed by atoms with Gasteiger partial charge < -0.3 is 19.9 Å². The second kappa shape index (κ2) is 6.69. The Morgan fingerprint density at radius 3 is 2.68 bits per heavy atom. The minimum Gasteiger partial charge on any atom is -0.378 e. The quantitative estimate of drug-likeness (QED) is 0.731. The van der Waals surface area contributed by atoms with Crippen molar-refractivity contribution in [1.29, 1.82) is 0 Å². The third kappa shape index (κ3) is 2.97. The lowest BCUT2D eigenvalue weighted by atomic mass is 10.0. The van der Waals surface area contributed by atoms with Crippen molar-refractivity contribution in [3.05, 3.63) is 66.2 Å². The number of hydrogen-bond acceptors (Lipinski definition) is 5. The number of morpholine rings is 1. The lowest BCUT2D eigenvalue weighted by Crippen LogP contribution is -2.55. The van der Waals surface area contributed by atoms with Crippen molar-refractivity contribution in [3.63, 3.8) is 0 Å². The van der Waals surface area contributed by atoms with Crippen LogP contribution in [0.1, 0.15) is 12.5 Å². The summed E-state index contributed by atoms with van der Waals surface area (Å²) in [4.78, 5) is 4.65. The summed E-state index contributed by atoms with van der Waals surface area (Å²) in [5.74, 6) is -0.636. The number of ether oxygens (including phenoxy) is 1. The molecule has 3 aromatic carbocycles. The Bertz CT molecular complexity index is 1010. The van der Waals surface area contributed by atoms with E-state index in [1.165, 1.54) is 22.0 Å². The first-order chi connectivity index (χ1) is 13.6. The van der Waals surface area contributed by atoms with E-state index in [2.05, 4.69) is 75.8 Å². The van der Waals surface area contributed by atoms with Crippen LogP contribution in [-0.2, 0) is 11.3 Å². The van der Waals surface area contributed by atoms with Crippen molar-refractivity contribution in [2.75, 3.05) is 41.4 Å². The molecule has 2 heterocycles. The lowest BCUT2D eigenvalue weighted by Gasteiger charge is -2.34. The molecule has 5 nitrogen and oxygen atoms in total. The summed E-state index contributed by atoms with van der Waals surface area (Å²) < 4.78 is 5.50. The molecular weight excluding hydrogens is 348 g/mol. The van der Waals surface area contributed by atoms with Gasteiger partial charge in [-0.1, -0.05) is 42.5 Å². The Morgan fingerprint density at radius 2 is 1.82 bits per heavy atom. The number of nitrogens with one attached hydrogen (secondary N) is 1. The third-order valence-electron chi connectivity index (χ3n) is 5.81. The van der Waals surface area contributed by atoms with E-state index in [0.29, 0.717) is 0 Å². The number of fused-ring (bicyclic) bond motifs is 2. The van der Waals surface area contributed by atoms with Crippen molar-refractivity contribution < 1.29 is 4.74 Å². The summed E-state index contributed by atoms with van der Waals surface area (Å²) in [7, 11) is 0. The average Bonchev–Trinajstić information content (AvgIpc) is 2.98. The van der Waals surface area contributed by atoms with Crippen molar-refractivity contribution in [3.8, 4) is 0 Å². The highest BCUT2D eigenvalue weighted by Gasteiger charge is 2.36. The number of nitrogens with zero attached hydrogens (tertiary/aromatic N) is 2. The van der Waals surface area contributed by atoms with Crippen LogP contribution in [0.25, 0.3) is 10.8 Å². The predicted octanol–water partition coefficient (Wildman–Crippen LogP) is 3.74. The molecule has 28 heavy (non-hydrogen) atoms. The molecule has 0 saturated carbocycles. The molecule has 5 rings (SSSR count).